The van der Waals surface area contributed by atoms with Crippen molar-refractivity contribution in [3.63, 3.8) is 0 Å². The topological polar surface area (TPSA) is 89.3 Å². The monoisotopic (exact) mass is 374 g/mol. The Hall–Kier alpha value is -0.920. The molecule has 0 bridgehead atoms. The zero-order valence-corrected chi connectivity index (χ0v) is 14.4. The SMILES string of the molecule is CC(C)(CNC(=O)C1(N)CC1)S(=O)(=O)c1ccc(Br)cc1. The molecule has 1 aromatic carbocycles. The van der Waals surface area contributed by atoms with E-state index in [0.717, 1.165) is 4.47 Å². The molecule has 0 aromatic heterocycles. The fourth-order valence-electron chi connectivity index (χ4n) is 1.86. The van der Waals surface area contributed by atoms with Crippen LogP contribution in [0.1, 0.15) is 26.7 Å². The number of sulfone groups is 1. The van der Waals surface area contributed by atoms with Gasteiger partial charge in [-0.05, 0) is 51.0 Å². The molecule has 1 saturated carbocycles. The second-order valence-corrected chi connectivity index (χ2v) is 9.55. The van der Waals surface area contributed by atoms with Gasteiger partial charge in [-0.2, -0.15) is 0 Å². The molecule has 5 nitrogen and oxygen atoms in total. The molecule has 1 amide bonds. The summed E-state index contributed by atoms with van der Waals surface area (Å²) in [6, 6.07) is 6.46. The van der Waals surface area contributed by atoms with Crippen LogP contribution in [0.2, 0.25) is 0 Å². The van der Waals surface area contributed by atoms with Crippen LogP contribution in [-0.4, -0.2) is 31.2 Å². The minimum atomic E-state index is -3.55. The van der Waals surface area contributed by atoms with E-state index in [1.807, 2.05) is 0 Å². The standard InChI is InChI=1S/C14H19BrN2O3S/c1-13(2,9-17-12(18)14(16)7-8-14)21(19,20)11-5-3-10(15)4-6-11/h3-6H,7-9,16H2,1-2H3,(H,17,18). The van der Waals surface area contributed by atoms with Crippen LogP contribution in [0.15, 0.2) is 33.6 Å². The van der Waals surface area contributed by atoms with Crippen molar-refractivity contribution in [2.45, 2.75) is 41.9 Å². The second-order valence-electron chi connectivity index (χ2n) is 6.06. The van der Waals surface area contributed by atoms with E-state index in [0.29, 0.717) is 12.8 Å². The van der Waals surface area contributed by atoms with Gasteiger partial charge in [0, 0.05) is 11.0 Å². The first-order chi connectivity index (χ1) is 9.58. The Kier molecular flexibility index (Phi) is 4.21. The highest BCUT2D eigenvalue weighted by Gasteiger charge is 2.47. The molecule has 21 heavy (non-hydrogen) atoms. The molecule has 7 heteroatoms. The summed E-state index contributed by atoms with van der Waals surface area (Å²) in [6.07, 6.45) is 1.30. The van der Waals surface area contributed by atoms with Crippen molar-refractivity contribution in [2.24, 2.45) is 5.73 Å². The first-order valence-electron chi connectivity index (χ1n) is 6.66. The minimum Gasteiger partial charge on any atom is -0.353 e. The first-order valence-corrected chi connectivity index (χ1v) is 8.94. The molecule has 1 aliphatic carbocycles. The predicted octanol–water partition coefficient (Wildman–Crippen LogP) is 1.61. The van der Waals surface area contributed by atoms with E-state index >= 15 is 0 Å². The Morgan fingerprint density at radius 2 is 1.86 bits per heavy atom. The van der Waals surface area contributed by atoms with Crippen LogP contribution in [0, 0.1) is 0 Å². The third-order valence-corrected chi connectivity index (χ3v) is 6.79. The molecule has 0 unspecified atom stereocenters. The summed E-state index contributed by atoms with van der Waals surface area (Å²) in [5, 5.41) is 2.66. The highest BCUT2D eigenvalue weighted by atomic mass is 79.9. The van der Waals surface area contributed by atoms with Crippen LogP contribution >= 0.6 is 15.9 Å². The van der Waals surface area contributed by atoms with Crippen molar-refractivity contribution in [3.8, 4) is 0 Å². The Balaban J connectivity index is 2.13. The molecule has 0 heterocycles. The quantitative estimate of drug-likeness (QED) is 0.818. The minimum absolute atomic E-state index is 0.0309. The number of carbonyl (C=O) groups is 1. The highest BCUT2D eigenvalue weighted by molar-refractivity contribution is 9.10. The normalized spacial score (nSPS) is 17.3. The number of amides is 1. The molecule has 1 aromatic rings. The summed E-state index contributed by atoms with van der Waals surface area (Å²) in [6.45, 7) is 3.23. The molecule has 1 aliphatic rings. The van der Waals surface area contributed by atoms with Crippen LogP contribution in [0.25, 0.3) is 0 Å². The highest BCUT2D eigenvalue weighted by Crippen LogP contribution is 2.32. The van der Waals surface area contributed by atoms with E-state index in [1.165, 1.54) is 0 Å². The summed E-state index contributed by atoms with van der Waals surface area (Å²) in [5.74, 6) is -0.276. The molecule has 116 valence electrons. The van der Waals surface area contributed by atoms with Gasteiger partial charge in [0.1, 0.15) is 0 Å². The molecule has 0 atom stereocenters. The molecule has 0 saturated heterocycles. The molecular weight excluding hydrogens is 356 g/mol. The smallest absolute Gasteiger partial charge is 0.240 e. The van der Waals surface area contributed by atoms with Gasteiger partial charge in [0.2, 0.25) is 5.91 Å². The lowest BCUT2D eigenvalue weighted by Gasteiger charge is -2.26. The molecule has 1 fully saturated rings. The van der Waals surface area contributed by atoms with Crippen LogP contribution in [0.5, 0.6) is 0 Å². The van der Waals surface area contributed by atoms with Crippen LogP contribution in [0.4, 0.5) is 0 Å². The molecule has 2 rings (SSSR count). The van der Waals surface area contributed by atoms with Gasteiger partial charge in [0.05, 0.1) is 15.2 Å². The average molecular weight is 375 g/mol. The molecule has 0 radical (unpaired) electrons. The summed E-state index contributed by atoms with van der Waals surface area (Å²) < 4.78 is 25.0. The fraction of sp³-hybridized carbons (Fsp3) is 0.500. The van der Waals surface area contributed by atoms with E-state index in [1.54, 1.807) is 38.1 Å². The maximum Gasteiger partial charge on any atom is 0.240 e. The van der Waals surface area contributed by atoms with Crippen LogP contribution in [-0.2, 0) is 14.6 Å². The van der Waals surface area contributed by atoms with Crippen molar-refractivity contribution in [3.05, 3.63) is 28.7 Å². The van der Waals surface area contributed by atoms with Gasteiger partial charge in [0.25, 0.3) is 0 Å². The Morgan fingerprint density at radius 3 is 2.33 bits per heavy atom. The van der Waals surface area contributed by atoms with E-state index < -0.39 is 20.1 Å². The van der Waals surface area contributed by atoms with Crippen molar-refractivity contribution in [2.75, 3.05) is 6.54 Å². The van der Waals surface area contributed by atoms with Crippen molar-refractivity contribution in [1.29, 1.82) is 0 Å². The van der Waals surface area contributed by atoms with Gasteiger partial charge in [-0.25, -0.2) is 8.42 Å². The first kappa shape index (κ1) is 16.5. The molecular formula is C14H19BrN2O3S. The Labute approximate surface area is 133 Å². The fourth-order valence-corrected chi connectivity index (χ4v) is 3.52. The van der Waals surface area contributed by atoms with E-state index in [9.17, 15) is 13.2 Å². The molecule has 3 N–H and O–H groups in total. The zero-order valence-electron chi connectivity index (χ0n) is 12.0. The Bertz CT molecular complexity index is 649. The summed E-state index contributed by atoms with van der Waals surface area (Å²) in [4.78, 5) is 12.1. The number of carbonyl (C=O) groups excluding carboxylic acids is 1. The number of hydrogen-bond acceptors (Lipinski definition) is 4. The zero-order chi connectivity index (χ0) is 15.9. The van der Waals surface area contributed by atoms with Gasteiger partial charge in [0.15, 0.2) is 9.84 Å². The number of benzene rings is 1. The second kappa shape index (κ2) is 5.37. The number of rotatable bonds is 5. The van der Waals surface area contributed by atoms with Crippen molar-refractivity contribution < 1.29 is 13.2 Å². The Morgan fingerprint density at radius 1 is 1.33 bits per heavy atom. The van der Waals surface area contributed by atoms with Crippen LogP contribution in [0.3, 0.4) is 0 Å². The lowest BCUT2D eigenvalue weighted by molar-refractivity contribution is -0.123. The largest absolute Gasteiger partial charge is 0.353 e. The van der Waals surface area contributed by atoms with Gasteiger partial charge in [-0.3, -0.25) is 4.79 Å². The third-order valence-electron chi connectivity index (χ3n) is 3.77. The summed E-state index contributed by atoms with van der Waals surface area (Å²) in [5.41, 5.74) is 5.00. The summed E-state index contributed by atoms with van der Waals surface area (Å²) >= 11 is 3.28. The number of hydrogen-bond donors (Lipinski definition) is 2. The van der Waals surface area contributed by atoms with E-state index in [4.69, 9.17) is 5.73 Å². The van der Waals surface area contributed by atoms with E-state index in [2.05, 4.69) is 21.2 Å². The predicted molar refractivity (Wildman–Crippen MR) is 84.6 cm³/mol. The van der Waals surface area contributed by atoms with Crippen LogP contribution < -0.4 is 11.1 Å². The molecule has 0 spiro atoms. The van der Waals surface area contributed by atoms with Gasteiger partial charge < -0.3 is 11.1 Å². The number of nitrogens with one attached hydrogen (secondary N) is 1. The maximum absolute atomic E-state index is 12.6. The number of halogens is 1. The molecule has 0 aliphatic heterocycles. The van der Waals surface area contributed by atoms with Crippen molar-refractivity contribution in [1.82, 2.24) is 5.32 Å². The van der Waals surface area contributed by atoms with Gasteiger partial charge >= 0.3 is 0 Å². The number of nitrogens with two attached hydrogens (primary N) is 1. The average Bonchev–Trinajstić information content (AvgIpc) is 3.16. The van der Waals surface area contributed by atoms with Gasteiger partial charge in [-0.15, -0.1) is 0 Å². The third kappa shape index (κ3) is 3.30. The summed E-state index contributed by atoms with van der Waals surface area (Å²) in [7, 11) is -3.55. The van der Waals surface area contributed by atoms with Gasteiger partial charge in [-0.1, -0.05) is 15.9 Å². The lowest BCUT2D eigenvalue weighted by Crippen LogP contribution is -2.50. The van der Waals surface area contributed by atoms with Crippen molar-refractivity contribution >= 4 is 31.7 Å². The van der Waals surface area contributed by atoms with E-state index in [-0.39, 0.29) is 17.3 Å². The maximum atomic E-state index is 12.6. The lowest BCUT2D eigenvalue weighted by atomic mass is 10.2.